The van der Waals surface area contributed by atoms with E-state index in [1.807, 2.05) is 32.9 Å². The summed E-state index contributed by atoms with van der Waals surface area (Å²) in [5, 5.41) is 22.1. The van der Waals surface area contributed by atoms with Gasteiger partial charge in [0.05, 0.1) is 11.5 Å². The van der Waals surface area contributed by atoms with E-state index in [1.165, 1.54) is 11.3 Å². The predicted octanol–water partition coefficient (Wildman–Crippen LogP) is 4.81. The van der Waals surface area contributed by atoms with Crippen LogP contribution in [0.25, 0.3) is 0 Å². The molecule has 1 unspecified atom stereocenters. The van der Waals surface area contributed by atoms with Crippen LogP contribution in [0.2, 0.25) is 0 Å². The van der Waals surface area contributed by atoms with Crippen molar-refractivity contribution in [3.8, 4) is 12.1 Å². The number of rotatable bonds is 7. The summed E-state index contributed by atoms with van der Waals surface area (Å²) in [6.45, 7) is 12.6. The molecule has 1 aliphatic heterocycles. The zero-order valence-corrected chi connectivity index (χ0v) is 19.6. The molecule has 1 aliphatic rings. The zero-order chi connectivity index (χ0) is 22.4. The van der Waals surface area contributed by atoms with Crippen LogP contribution < -0.4 is 5.32 Å². The van der Waals surface area contributed by atoms with E-state index >= 15 is 0 Å². The zero-order valence-electron chi connectivity index (χ0n) is 18.8. The Morgan fingerprint density at radius 1 is 1.30 bits per heavy atom. The first-order valence-electron chi connectivity index (χ1n) is 10.7. The van der Waals surface area contributed by atoms with Crippen molar-refractivity contribution in [1.82, 2.24) is 10.2 Å². The first kappa shape index (κ1) is 24.2. The maximum atomic E-state index is 11.9. The normalized spacial score (nSPS) is 17.7. The molecule has 1 aromatic rings. The van der Waals surface area contributed by atoms with Crippen LogP contribution in [0.5, 0.6) is 0 Å². The Morgan fingerprint density at radius 3 is 2.47 bits per heavy atom. The number of nitriles is 2. The Labute approximate surface area is 184 Å². The Kier molecular flexibility index (Phi) is 8.29. The molecule has 1 amide bonds. The second-order valence-electron chi connectivity index (χ2n) is 9.38. The van der Waals surface area contributed by atoms with Crippen molar-refractivity contribution in [3.05, 3.63) is 21.9 Å². The maximum absolute atomic E-state index is 11.9. The second-order valence-corrected chi connectivity index (χ2v) is 10.5. The van der Waals surface area contributed by atoms with Gasteiger partial charge in [-0.15, -0.1) is 11.3 Å². The number of ether oxygens (including phenoxy) is 1. The third-order valence-electron chi connectivity index (χ3n) is 5.69. The van der Waals surface area contributed by atoms with Gasteiger partial charge >= 0.3 is 6.09 Å². The number of alkyl carbamates (subject to hydrolysis) is 1. The molecule has 30 heavy (non-hydrogen) atoms. The fraction of sp³-hybridized carbons (Fsp3) is 0.696. The van der Waals surface area contributed by atoms with E-state index in [1.54, 1.807) is 0 Å². The molecule has 1 aromatic heterocycles. The molecule has 7 heteroatoms. The number of carbonyl (C=O) groups is 1. The minimum Gasteiger partial charge on any atom is -0.444 e. The van der Waals surface area contributed by atoms with Crippen molar-refractivity contribution < 1.29 is 9.53 Å². The van der Waals surface area contributed by atoms with Crippen molar-refractivity contribution in [2.24, 2.45) is 5.92 Å². The van der Waals surface area contributed by atoms with Gasteiger partial charge < -0.3 is 15.0 Å². The highest BCUT2D eigenvalue weighted by Crippen LogP contribution is 2.40. The highest BCUT2D eigenvalue weighted by atomic mass is 32.1. The third kappa shape index (κ3) is 6.45. The minimum atomic E-state index is -0.545. The first-order chi connectivity index (χ1) is 14.1. The van der Waals surface area contributed by atoms with Crippen LogP contribution in [-0.2, 0) is 10.2 Å². The predicted molar refractivity (Wildman–Crippen MR) is 119 cm³/mol. The molecule has 1 saturated heterocycles. The molecule has 6 nitrogen and oxygen atoms in total. The van der Waals surface area contributed by atoms with Crippen LogP contribution in [-0.4, -0.2) is 42.3 Å². The summed E-state index contributed by atoms with van der Waals surface area (Å²) < 4.78 is 5.34. The SMILES string of the molecule is CC(C)C(C#N)(CCCN1CCC(NC(=O)OC(C)(C)C)CC1)c1ccc(C#N)s1. The Balaban J connectivity index is 1.84. The lowest BCUT2D eigenvalue weighted by Gasteiger charge is -2.34. The number of nitrogens with zero attached hydrogens (tertiary/aromatic N) is 3. The summed E-state index contributed by atoms with van der Waals surface area (Å²) in [4.78, 5) is 16.0. The molecule has 0 radical (unpaired) electrons. The van der Waals surface area contributed by atoms with E-state index in [0.29, 0.717) is 4.88 Å². The molecule has 0 spiro atoms. The van der Waals surface area contributed by atoms with Crippen molar-refractivity contribution >= 4 is 17.4 Å². The quantitative estimate of drug-likeness (QED) is 0.671. The molecule has 164 valence electrons. The molecule has 0 saturated carbocycles. The Hall–Kier alpha value is -2.09. The van der Waals surface area contributed by atoms with Crippen LogP contribution in [0.1, 0.15) is 70.1 Å². The van der Waals surface area contributed by atoms with Crippen LogP contribution >= 0.6 is 11.3 Å². The van der Waals surface area contributed by atoms with Crippen molar-refractivity contribution in [1.29, 1.82) is 10.5 Å². The van der Waals surface area contributed by atoms with Crippen LogP contribution in [0.15, 0.2) is 12.1 Å². The molecule has 0 aliphatic carbocycles. The summed E-state index contributed by atoms with van der Waals surface area (Å²) in [5.41, 5.74) is -1.03. The summed E-state index contributed by atoms with van der Waals surface area (Å²) in [5.74, 6) is 0.177. The second kappa shape index (κ2) is 10.3. The summed E-state index contributed by atoms with van der Waals surface area (Å²) in [7, 11) is 0. The van der Waals surface area contributed by atoms with Crippen LogP contribution in [0, 0.1) is 28.6 Å². The minimum absolute atomic E-state index is 0.153. The van der Waals surface area contributed by atoms with Gasteiger partial charge in [-0.3, -0.25) is 0 Å². The molecule has 1 fully saturated rings. The van der Waals surface area contributed by atoms with E-state index in [0.717, 1.165) is 50.2 Å². The number of hydrogen-bond donors (Lipinski definition) is 1. The first-order valence-corrected chi connectivity index (χ1v) is 11.5. The van der Waals surface area contributed by atoms with E-state index in [9.17, 15) is 10.1 Å². The number of thiophene rings is 1. The number of amides is 1. The molecule has 2 rings (SSSR count). The smallest absolute Gasteiger partial charge is 0.407 e. The molecular weight excluding hydrogens is 396 g/mol. The van der Waals surface area contributed by atoms with Crippen LogP contribution in [0.4, 0.5) is 4.79 Å². The standard InChI is InChI=1S/C23H34N4O2S/c1-17(2)23(16-25,20-8-7-19(15-24)30-20)11-6-12-27-13-9-18(10-14-27)26-21(28)29-22(3,4)5/h7-8,17-18H,6,9-14H2,1-5H3,(H,26,28). The monoisotopic (exact) mass is 430 g/mol. The molecule has 2 heterocycles. The number of nitrogens with one attached hydrogen (secondary N) is 1. The van der Waals surface area contributed by atoms with Crippen LogP contribution in [0.3, 0.4) is 0 Å². The molecular formula is C23H34N4O2S. The van der Waals surface area contributed by atoms with Gasteiger partial charge in [-0.25, -0.2) is 4.79 Å². The van der Waals surface area contributed by atoms with Gasteiger partial charge in [0.2, 0.25) is 0 Å². The number of piperidine rings is 1. The highest BCUT2D eigenvalue weighted by Gasteiger charge is 2.37. The third-order valence-corrected chi connectivity index (χ3v) is 6.86. The average molecular weight is 431 g/mol. The molecule has 1 N–H and O–H groups in total. The lowest BCUT2D eigenvalue weighted by atomic mass is 9.73. The van der Waals surface area contributed by atoms with Gasteiger partial charge in [-0.2, -0.15) is 10.5 Å². The largest absolute Gasteiger partial charge is 0.444 e. The lowest BCUT2D eigenvalue weighted by molar-refractivity contribution is 0.0478. The van der Waals surface area contributed by atoms with Gasteiger partial charge in [-0.1, -0.05) is 13.8 Å². The fourth-order valence-electron chi connectivity index (χ4n) is 3.93. The molecule has 1 atom stereocenters. The van der Waals surface area contributed by atoms with Gasteiger partial charge in [-0.05, 0) is 71.0 Å². The van der Waals surface area contributed by atoms with Gasteiger partial charge in [0.25, 0.3) is 0 Å². The number of hydrogen-bond acceptors (Lipinski definition) is 6. The van der Waals surface area contributed by atoms with Gasteiger partial charge in [0.15, 0.2) is 0 Å². The summed E-state index contributed by atoms with van der Waals surface area (Å²) >= 11 is 1.44. The lowest BCUT2D eigenvalue weighted by Crippen LogP contribution is -2.46. The van der Waals surface area contributed by atoms with E-state index in [-0.39, 0.29) is 18.1 Å². The van der Waals surface area contributed by atoms with E-state index < -0.39 is 11.0 Å². The van der Waals surface area contributed by atoms with E-state index in [4.69, 9.17) is 10.00 Å². The summed E-state index contributed by atoms with van der Waals surface area (Å²) in [6.07, 6.45) is 3.18. The molecule has 0 aromatic carbocycles. The van der Waals surface area contributed by atoms with Crippen molar-refractivity contribution in [2.75, 3.05) is 19.6 Å². The number of carbonyl (C=O) groups excluding carboxylic acids is 1. The molecule has 0 bridgehead atoms. The number of likely N-dealkylation sites (tertiary alicyclic amines) is 1. The Morgan fingerprint density at radius 2 is 1.97 bits per heavy atom. The van der Waals surface area contributed by atoms with E-state index in [2.05, 4.69) is 36.2 Å². The van der Waals surface area contributed by atoms with Crippen molar-refractivity contribution in [2.45, 2.75) is 77.4 Å². The maximum Gasteiger partial charge on any atom is 0.407 e. The van der Waals surface area contributed by atoms with Gasteiger partial charge in [0.1, 0.15) is 16.5 Å². The van der Waals surface area contributed by atoms with Gasteiger partial charge in [0, 0.05) is 24.0 Å². The average Bonchev–Trinajstić information content (AvgIpc) is 3.14. The Bertz CT molecular complexity index is 791. The highest BCUT2D eigenvalue weighted by molar-refractivity contribution is 7.12. The summed E-state index contributed by atoms with van der Waals surface area (Å²) in [6, 6.07) is 8.67. The topological polar surface area (TPSA) is 89.2 Å². The van der Waals surface area contributed by atoms with Crippen molar-refractivity contribution in [3.63, 3.8) is 0 Å². The fourth-order valence-corrected chi connectivity index (χ4v) is 5.05.